The first kappa shape index (κ1) is 40.7. The van der Waals surface area contributed by atoms with Crippen molar-refractivity contribution in [3.63, 3.8) is 0 Å². The van der Waals surface area contributed by atoms with E-state index in [1.165, 1.54) is 55.3 Å². The number of pyridine rings is 1. The van der Waals surface area contributed by atoms with Crippen molar-refractivity contribution in [2.45, 2.75) is 84.0 Å². The molecule has 3 heterocycles. The lowest BCUT2D eigenvalue weighted by molar-refractivity contribution is 0.590. The first-order valence-corrected chi connectivity index (χ1v) is 23.1. The van der Waals surface area contributed by atoms with E-state index in [9.17, 15) is 0 Å². The van der Waals surface area contributed by atoms with Gasteiger partial charge < -0.3 is 4.98 Å². The first-order chi connectivity index (χ1) is 31.1. The zero-order chi connectivity index (χ0) is 45.0. The van der Waals surface area contributed by atoms with Crippen LogP contribution in [0.25, 0.3) is 72.2 Å². The second-order valence-corrected chi connectivity index (χ2v) is 21.2. The van der Waals surface area contributed by atoms with Gasteiger partial charge in [0.2, 0.25) is 0 Å². The number of aromatic amines is 1. The standard InChI is InChI=1S/C61H56N4/c1-58(2,3)39-27-30-43(31-28-39)65-53-25-17-22-44(56(53)64-57(65)49-37-42(60(7,8)9)36-48-47-35-40(59(4,5)6)29-32-52(47)63-55(48)49)38-18-16-19-41(34-38)61(54-26-14-15-33-62-54)50-23-12-10-20-45(50)46-21-11-13-24-51(46)61/h10-37,63H,1-9H3. The lowest BCUT2D eigenvalue weighted by Crippen LogP contribution is -2.29. The highest BCUT2D eigenvalue weighted by Crippen LogP contribution is 2.56. The average molecular weight is 845 g/mol. The zero-order valence-corrected chi connectivity index (χ0v) is 39.0. The number of H-pyrrole nitrogens is 1. The van der Waals surface area contributed by atoms with Gasteiger partial charge >= 0.3 is 0 Å². The molecule has 3 aromatic heterocycles. The van der Waals surface area contributed by atoms with Gasteiger partial charge in [-0.25, -0.2) is 4.98 Å². The number of para-hydroxylation sites is 1. The van der Waals surface area contributed by atoms with Crippen LogP contribution in [0.3, 0.4) is 0 Å². The predicted molar refractivity (Wildman–Crippen MR) is 273 cm³/mol. The van der Waals surface area contributed by atoms with E-state index >= 15 is 0 Å². The summed E-state index contributed by atoms with van der Waals surface area (Å²) >= 11 is 0. The third-order valence-electron chi connectivity index (χ3n) is 14.0. The van der Waals surface area contributed by atoms with Crippen LogP contribution in [-0.2, 0) is 21.7 Å². The fourth-order valence-electron chi connectivity index (χ4n) is 10.4. The first-order valence-electron chi connectivity index (χ1n) is 23.1. The van der Waals surface area contributed by atoms with E-state index in [1.807, 2.05) is 12.3 Å². The maximum atomic E-state index is 5.81. The molecular weight excluding hydrogens is 789 g/mol. The molecule has 1 aliphatic rings. The van der Waals surface area contributed by atoms with Crippen LogP contribution in [0, 0.1) is 0 Å². The van der Waals surface area contributed by atoms with E-state index in [4.69, 9.17) is 9.97 Å². The smallest absolute Gasteiger partial charge is 0.147 e. The maximum absolute atomic E-state index is 5.81. The molecule has 65 heavy (non-hydrogen) atoms. The molecular formula is C61H56N4. The van der Waals surface area contributed by atoms with Crippen molar-refractivity contribution in [2.75, 3.05) is 0 Å². The molecule has 4 nitrogen and oxygen atoms in total. The lowest BCUT2D eigenvalue weighted by Gasteiger charge is -2.33. The zero-order valence-electron chi connectivity index (χ0n) is 39.0. The summed E-state index contributed by atoms with van der Waals surface area (Å²) < 4.78 is 2.39. The molecule has 0 amide bonds. The minimum Gasteiger partial charge on any atom is -0.354 e. The molecule has 4 heteroatoms. The minimum atomic E-state index is -0.612. The van der Waals surface area contributed by atoms with Gasteiger partial charge in [-0.1, -0.05) is 165 Å². The van der Waals surface area contributed by atoms with Crippen molar-refractivity contribution >= 4 is 32.8 Å². The third-order valence-corrected chi connectivity index (χ3v) is 14.0. The van der Waals surface area contributed by atoms with Gasteiger partial charge in [-0.05, 0) is 127 Å². The summed E-state index contributed by atoms with van der Waals surface area (Å²) in [6.45, 7) is 20.6. The Labute approximate surface area is 383 Å². The Hall–Kier alpha value is -7.04. The van der Waals surface area contributed by atoms with Crippen LogP contribution in [-0.4, -0.2) is 19.5 Å². The number of fused-ring (bicyclic) bond motifs is 7. The van der Waals surface area contributed by atoms with E-state index < -0.39 is 5.41 Å². The molecule has 0 unspecified atom stereocenters. The molecule has 0 spiro atoms. The second kappa shape index (κ2) is 14.5. The molecule has 0 fully saturated rings. The number of nitrogens with one attached hydrogen (secondary N) is 1. The number of imidazole rings is 1. The van der Waals surface area contributed by atoms with E-state index in [1.54, 1.807) is 0 Å². The molecule has 0 atom stereocenters. The number of hydrogen-bond donors (Lipinski definition) is 1. The molecule has 0 radical (unpaired) electrons. The Morgan fingerprint density at radius 2 is 1.11 bits per heavy atom. The molecule has 320 valence electrons. The number of hydrogen-bond acceptors (Lipinski definition) is 2. The Balaban J connectivity index is 1.19. The van der Waals surface area contributed by atoms with Gasteiger partial charge in [0.05, 0.1) is 27.7 Å². The van der Waals surface area contributed by atoms with Crippen LogP contribution < -0.4 is 0 Å². The van der Waals surface area contributed by atoms with E-state index in [-0.39, 0.29) is 16.2 Å². The molecule has 0 saturated heterocycles. The summed E-state index contributed by atoms with van der Waals surface area (Å²) in [7, 11) is 0. The van der Waals surface area contributed by atoms with Gasteiger partial charge in [-0.2, -0.15) is 0 Å². The van der Waals surface area contributed by atoms with Gasteiger partial charge in [0, 0.05) is 39.3 Å². The average Bonchev–Trinajstić information content (AvgIpc) is 3.97. The van der Waals surface area contributed by atoms with E-state index in [0.717, 1.165) is 56.0 Å². The highest BCUT2D eigenvalue weighted by atomic mass is 15.1. The van der Waals surface area contributed by atoms with Gasteiger partial charge in [0.15, 0.2) is 0 Å². The van der Waals surface area contributed by atoms with E-state index in [0.29, 0.717) is 0 Å². The Kier molecular flexibility index (Phi) is 9.07. The molecule has 1 N–H and O–H groups in total. The Morgan fingerprint density at radius 1 is 0.492 bits per heavy atom. The molecule has 0 bridgehead atoms. The number of rotatable bonds is 5. The number of aromatic nitrogens is 4. The van der Waals surface area contributed by atoms with Crippen molar-refractivity contribution < 1.29 is 0 Å². The van der Waals surface area contributed by atoms with Crippen LogP contribution in [0.4, 0.5) is 0 Å². The van der Waals surface area contributed by atoms with Gasteiger partial charge in [0.1, 0.15) is 5.82 Å². The molecule has 0 aliphatic heterocycles. The van der Waals surface area contributed by atoms with Gasteiger partial charge in [-0.3, -0.25) is 9.55 Å². The fraction of sp³-hybridized carbons (Fsp3) is 0.213. The summed E-state index contributed by atoms with van der Waals surface area (Å²) in [4.78, 5) is 14.9. The monoisotopic (exact) mass is 844 g/mol. The highest BCUT2D eigenvalue weighted by molar-refractivity contribution is 6.13. The normalized spacial score (nSPS) is 13.7. The fourth-order valence-corrected chi connectivity index (χ4v) is 10.4. The van der Waals surface area contributed by atoms with Crippen LogP contribution in [0.5, 0.6) is 0 Å². The van der Waals surface area contributed by atoms with Crippen LogP contribution in [0.1, 0.15) is 101 Å². The predicted octanol–water partition coefficient (Wildman–Crippen LogP) is 15.6. The molecule has 1 aliphatic carbocycles. The number of benzene rings is 7. The van der Waals surface area contributed by atoms with Crippen molar-refractivity contribution in [3.8, 4) is 39.3 Å². The van der Waals surface area contributed by atoms with Crippen molar-refractivity contribution in [1.82, 2.24) is 19.5 Å². The molecule has 11 rings (SSSR count). The quantitative estimate of drug-likeness (QED) is 0.188. The molecule has 0 saturated carbocycles. The molecule has 7 aromatic carbocycles. The van der Waals surface area contributed by atoms with Gasteiger partial charge in [-0.15, -0.1) is 0 Å². The second-order valence-electron chi connectivity index (χ2n) is 21.2. The summed E-state index contributed by atoms with van der Waals surface area (Å²) in [5.41, 5.74) is 19.0. The SMILES string of the molecule is CC(C)(C)c1ccc(-n2c(-c3cc(C(C)(C)C)cc4c3[nH]c3ccc(C(C)(C)C)cc34)nc3c(-c4cccc(C5(c6ccccn6)c6ccccc6-c6ccccc65)c4)cccc32)cc1. The minimum absolute atomic E-state index is 0.0188. The molecule has 10 aromatic rings. The maximum Gasteiger partial charge on any atom is 0.147 e. The highest BCUT2D eigenvalue weighted by Gasteiger charge is 2.47. The summed E-state index contributed by atoms with van der Waals surface area (Å²) in [5.74, 6) is 0.911. The summed E-state index contributed by atoms with van der Waals surface area (Å²) in [6, 6.07) is 60.7. The topological polar surface area (TPSA) is 46.5 Å². The summed E-state index contributed by atoms with van der Waals surface area (Å²) in [5, 5.41) is 2.46. The lowest BCUT2D eigenvalue weighted by atomic mass is 9.69. The Morgan fingerprint density at radius 3 is 1.77 bits per heavy atom. The number of nitrogens with zero attached hydrogens (tertiary/aromatic N) is 3. The van der Waals surface area contributed by atoms with Crippen molar-refractivity contribution in [2.24, 2.45) is 0 Å². The van der Waals surface area contributed by atoms with Crippen molar-refractivity contribution in [1.29, 1.82) is 0 Å². The van der Waals surface area contributed by atoms with E-state index in [2.05, 4.69) is 230 Å². The van der Waals surface area contributed by atoms with Crippen molar-refractivity contribution in [3.05, 3.63) is 209 Å². The third kappa shape index (κ3) is 6.40. The largest absolute Gasteiger partial charge is 0.354 e. The van der Waals surface area contributed by atoms with Crippen LogP contribution in [0.2, 0.25) is 0 Å². The van der Waals surface area contributed by atoms with Gasteiger partial charge in [0.25, 0.3) is 0 Å². The van der Waals surface area contributed by atoms with Crippen LogP contribution in [0.15, 0.2) is 170 Å². The van der Waals surface area contributed by atoms with Crippen LogP contribution >= 0.6 is 0 Å². The summed E-state index contributed by atoms with van der Waals surface area (Å²) in [6.07, 6.45) is 1.93. The Bertz CT molecular complexity index is 3420.